The SMILES string of the molecule is CC(C)[C@H](NC(=O)OC(C)(C)C)C(=O)N1C[C@@H](OC(C)(C)C)C[C@H]1C(=O)N[C@H](C=O)C[C@@H]1CCNC1=O. The maximum Gasteiger partial charge on any atom is 0.408 e. The Balaban J connectivity index is 2.22. The van der Waals surface area contributed by atoms with Crippen LogP contribution in [-0.2, 0) is 28.7 Å². The summed E-state index contributed by atoms with van der Waals surface area (Å²) in [6, 6.07) is -2.69. The van der Waals surface area contributed by atoms with E-state index in [4.69, 9.17) is 9.47 Å². The number of carbonyl (C=O) groups is 5. The Labute approximate surface area is 219 Å². The molecule has 5 atom stereocenters. The number of ether oxygens (including phenoxy) is 2. The average molecular weight is 525 g/mol. The van der Waals surface area contributed by atoms with Gasteiger partial charge in [0.2, 0.25) is 17.7 Å². The van der Waals surface area contributed by atoms with Crippen molar-refractivity contribution < 1.29 is 33.4 Å². The molecule has 0 aromatic heterocycles. The molecule has 37 heavy (non-hydrogen) atoms. The Morgan fingerprint density at radius 2 is 1.76 bits per heavy atom. The summed E-state index contributed by atoms with van der Waals surface area (Å²) in [4.78, 5) is 64.6. The first-order valence-corrected chi connectivity index (χ1v) is 13.0. The second-order valence-corrected chi connectivity index (χ2v) is 12.2. The molecule has 0 aromatic rings. The summed E-state index contributed by atoms with van der Waals surface area (Å²) in [5.41, 5.74) is -1.24. The van der Waals surface area contributed by atoms with Gasteiger partial charge in [0.1, 0.15) is 24.0 Å². The molecule has 2 aliphatic rings. The van der Waals surface area contributed by atoms with Crippen LogP contribution in [-0.4, -0.2) is 83.5 Å². The summed E-state index contributed by atoms with van der Waals surface area (Å²) in [7, 11) is 0. The van der Waals surface area contributed by atoms with Gasteiger partial charge >= 0.3 is 6.09 Å². The van der Waals surface area contributed by atoms with Gasteiger partial charge in [-0.25, -0.2) is 4.79 Å². The van der Waals surface area contributed by atoms with Crippen molar-refractivity contribution >= 4 is 30.1 Å². The fourth-order valence-electron chi connectivity index (χ4n) is 4.61. The molecule has 210 valence electrons. The van der Waals surface area contributed by atoms with Gasteiger partial charge in [0.25, 0.3) is 0 Å². The zero-order valence-corrected chi connectivity index (χ0v) is 23.4. The van der Waals surface area contributed by atoms with Gasteiger partial charge in [0.05, 0.1) is 17.7 Å². The van der Waals surface area contributed by atoms with Gasteiger partial charge in [0.15, 0.2) is 0 Å². The van der Waals surface area contributed by atoms with Crippen molar-refractivity contribution in [3.05, 3.63) is 0 Å². The summed E-state index contributed by atoms with van der Waals surface area (Å²) < 4.78 is 11.4. The van der Waals surface area contributed by atoms with Crippen LogP contribution in [0.1, 0.15) is 74.7 Å². The van der Waals surface area contributed by atoms with E-state index in [1.165, 1.54) is 4.90 Å². The topological polar surface area (TPSA) is 143 Å². The van der Waals surface area contributed by atoms with Crippen molar-refractivity contribution in [3.63, 3.8) is 0 Å². The summed E-state index contributed by atoms with van der Waals surface area (Å²) in [5.74, 6) is -1.69. The van der Waals surface area contributed by atoms with Gasteiger partial charge in [0, 0.05) is 25.4 Å². The second kappa shape index (κ2) is 12.2. The number of hydrogen-bond donors (Lipinski definition) is 3. The first-order chi connectivity index (χ1) is 17.0. The fraction of sp³-hybridized carbons (Fsp3) is 0.808. The molecular formula is C26H44N4O7. The van der Waals surface area contributed by atoms with Gasteiger partial charge in [-0.1, -0.05) is 13.8 Å². The van der Waals surface area contributed by atoms with Crippen LogP contribution in [0.25, 0.3) is 0 Å². The van der Waals surface area contributed by atoms with Crippen molar-refractivity contribution in [1.29, 1.82) is 0 Å². The highest BCUT2D eigenvalue weighted by Gasteiger charge is 2.45. The maximum absolute atomic E-state index is 13.7. The molecule has 2 heterocycles. The minimum Gasteiger partial charge on any atom is -0.444 e. The average Bonchev–Trinajstić information content (AvgIpc) is 3.34. The van der Waals surface area contributed by atoms with Crippen molar-refractivity contribution in [2.45, 2.75) is 110 Å². The highest BCUT2D eigenvalue weighted by atomic mass is 16.6. The van der Waals surface area contributed by atoms with Crippen LogP contribution in [0, 0.1) is 11.8 Å². The summed E-state index contributed by atoms with van der Waals surface area (Å²) in [6.07, 6.45) is 0.512. The number of aldehydes is 1. The summed E-state index contributed by atoms with van der Waals surface area (Å²) in [5, 5.41) is 8.10. The van der Waals surface area contributed by atoms with Crippen LogP contribution >= 0.6 is 0 Å². The van der Waals surface area contributed by atoms with Crippen LogP contribution in [0.5, 0.6) is 0 Å². The highest BCUT2D eigenvalue weighted by Crippen LogP contribution is 2.27. The monoisotopic (exact) mass is 524 g/mol. The molecule has 0 unspecified atom stereocenters. The van der Waals surface area contributed by atoms with Crippen molar-refractivity contribution in [2.24, 2.45) is 11.8 Å². The fourth-order valence-corrected chi connectivity index (χ4v) is 4.61. The molecule has 3 N–H and O–H groups in total. The molecule has 11 heteroatoms. The van der Waals surface area contributed by atoms with Crippen molar-refractivity contribution in [3.8, 4) is 0 Å². The molecule has 0 spiro atoms. The predicted molar refractivity (Wildman–Crippen MR) is 136 cm³/mol. The third-order valence-electron chi connectivity index (χ3n) is 6.17. The largest absolute Gasteiger partial charge is 0.444 e. The second-order valence-electron chi connectivity index (χ2n) is 12.2. The minimum atomic E-state index is -0.928. The molecular weight excluding hydrogens is 480 g/mol. The lowest BCUT2D eigenvalue weighted by Crippen LogP contribution is -2.56. The van der Waals surface area contributed by atoms with Crippen LogP contribution < -0.4 is 16.0 Å². The molecule has 0 bridgehead atoms. The van der Waals surface area contributed by atoms with Gasteiger partial charge in [-0.3, -0.25) is 14.4 Å². The van der Waals surface area contributed by atoms with E-state index in [1.54, 1.807) is 34.6 Å². The molecule has 2 rings (SSSR count). The Morgan fingerprint density at radius 3 is 2.24 bits per heavy atom. The lowest BCUT2D eigenvalue weighted by atomic mass is 9.98. The number of likely N-dealkylation sites (tertiary alicyclic amines) is 1. The number of nitrogens with zero attached hydrogens (tertiary/aromatic N) is 1. The van der Waals surface area contributed by atoms with Gasteiger partial charge < -0.3 is 35.1 Å². The molecule has 2 aliphatic heterocycles. The molecule has 4 amide bonds. The van der Waals surface area contributed by atoms with E-state index in [0.717, 1.165) is 0 Å². The number of nitrogens with one attached hydrogen (secondary N) is 3. The number of carbonyl (C=O) groups excluding carboxylic acids is 5. The van der Waals surface area contributed by atoms with Gasteiger partial charge in [-0.2, -0.15) is 0 Å². The number of rotatable bonds is 9. The van der Waals surface area contributed by atoms with E-state index in [2.05, 4.69) is 16.0 Å². The molecule has 0 saturated carbocycles. The molecule has 0 aromatic carbocycles. The van der Waals surface area contributed by atoms with E-state index in [-0.39, 0.29) is 37.1 Å². The van der Waals surface area contributed by atoms with Crippen molar-refractivity contribution in [2.75, 3.05) is 13.1 Å². The van der Waals surface area contributed by atoms with Gasteiger partial charge in [-0.05, 0) is 60.3 Å². The number of alkyl carbamates (subject to hydrolysis) is 1. The lowest BCUT2D eigenvalue weighted by molar-refractivity contribution is -0.141. The van der Waals surface area contributed by atoms with Crippen LogP contribution in [0.15, 0.2) is 0 Å². The minimum absolute atomic E-state index is 0.134. The Morgan fingerprint density at radius 1 is 1.11 bits per heavy atom. The van der Waals surface area contributed by atoms with Crippen molar-refractivity contribution in [1.82, 2.24) is 20.9 Å². The molecule has 0 radical (unpaired) electrons. The molecule has 2 saturated heterocycles. The first-order valence-electron chi connectivity index (χ1n) is 13.0. The standard InChI is InChI=1S/C26H44N4O7/c1-15(2)20(29-24(35)37-26(6,7)8)23(34)30-13-18(36-25(3,4)5)12-19(30)22(33)28-17(14-31)11-16-9-10-27-21(16)32/h14-20H,9-13H2,1-8H3,(H,27,32)(H,28,33)(H,29,35)/t16-,17-,18-,19-,20-/m0/s1. The van der Waals surface area contributed by atoms with Crippen LogP contribution in [0.2, 0.25) is 0 Å². The quantitative estimate of drug-likeness (QED) is 0.388. The van der Waals surface area contributed by atoms with E-state index in [0.29, 0.717) is 19.3 Å². The third-order valence-corrected chi connectivity index (χ3v) is 6.17. The molecule has 2 fully saturated rings. The Bertz CT molecular complexity index is 862. The summed E-state index contributed by atoms with van der Waals surface area (Å²) in [6.45, 7) is 15.2. The van der Waals surface area contributed by atoms with E-state index in [9.17, 15) is 24.0 Å². The maximum atomic E-state index is 13.7. The number of hydrogen-bond acceptors (Lipinski definition) is 7. The van der Waals surface area contributed by atoms with Crippen LogP contribution in [0.4, 0.5) is 4.79 Å². The zero-order valence-electron chi connectivity index (χ0n) is 23.4. The van der Waals surface area contributed by atoms with Crippen LogP contribution in [0.3, 0.4) is 0 Å². The van der Waals surface area contributed by atoms with E-state index >= 15 is 0 Å². The predicted octanol–water partition coefficient (Wildman–Crippen LogP) is 1.53. The third kappa shape index (κ3) is 9.28. The zero-order chi connectivity index (χ0) is 28.1. The first kappa shape index (κ1) is 30.5. The smallest absolute Gasteiger partial charge is 0.408 e. The van der Waals surface area contributed by atoms with E-state index in [1.807, 2.05) is 20.8 Å². The lowest BCUT2D eigenvalue weighted by Gasteiger charge is -2.31. The van der Waals surface area contributed by atoms with E-state index < -0.39 is 53.3 Å². The summed E-state index contributed by atoms with van der Waals surface area (Å²) >= 11 is 0. The Kier molecular flexibility index (Phi) is 10.1. The number of amides is 4. The van der Waals surface area contributed by atoms with Gasteiger partial charge in [-0.15, -0.1) is 0 Å². The molecule has 0 aliphatic carbocycles. The Hall–Kier alpha value is -2.69. The highest BCUT2D eigenvalue weighted by molar-refractivity contribution is 5.93. The normalized spacial score (nSPS) is 23.9. The molecule has 11 nitrogen and oxygen atoms in total.